The van der Waals surface area contributed by atoms with E-state index in [4.69, 9.17) is 4.74 Å². The van der Waals surface area contributed by atoms with E-state index in [1.807, 2.05) is 54.6 Å². The molecule has 1 aliphatic carbocycles. The highest BCUT2D eigenvalue weighted by Gasteiger charge is 2.50. The van der Waals surface area contributed by atoms with Gasteiger partial charge in [0.15, 0.2) is 0 Å². The number of benzene rings is 3. The number of carboxylic acids is 1. The van der Waals surface area contributed by atoms with Crippen LogP contribution in [0.3, 0.4) is 0 Å². The molecule has 42 heavy (non-hydrogen) atoms. The Kier molecular flexibility index (Phi) is 7.73. The molecule has 2 amide bonds. The molecule has 218 valence electrons. The Morgan fingerprint density at radius 2 is 1.57 bits per heavy atom. The summed E-state index contributed by atoms with van der Waals surface area (Å²) in [7, 11) is 0. The van der Waals surface area contributed by atoms with Crippen LogP contribution in [0.1, 0.15) is 48.8 Å². The number of likely N-dealkylation sites (tertiary alicyclic amines) is 2. The minimum Gasteiger partial charge on any atom is -0.481 e. The molecule has 2 heterocycles. The Morgan fingerprint density at radius 1 is 0.929 bits per heavy atom. The third kappa shape index (κ3) is 5.27. The van der Waals surface area contributed by atoms with Crippen LogP contribution in [-0.4, -0.2) is 70.7 Å². The summed E-state index contributed by atoms with van der Waals surface area (Å²) in [6, 6.07) is 25.9. The molecule has 3 atom stereocenters. The van der Waals surface area contributed by atoms with E-state index in [0.29, 0.717) is 45.4 Å². The molecule has 0 aromatic heterocycles. The third-order valence-electron chi connectivity index (χ3n) is 9.26. The zero-order valence-electron chi connectivity index (χ0n) is 23.9. The molecule has 6 rings (SSSR count). The number of aliphatic carboxylic acids is 1. The molecule has 1 unspecified atom stereocenters. The molecule has 2 fully saturated rings. The van der Waals surface area contributed by atoms with E-state index in [-0.39, 0.29) is 18.4 Å². The summed E-state index contributed by atoms with van der Waals surface area (Å²) in [6.07, 6.45) is 0.935. The number of rotatable bonds is 7. The maximum atomic E-state index is 14.3. The van der Waals surface area contributed by atoms with Crippen molar-refractivity contribution in [2.45, 2.75) is 50.2 Å². The van der Waals surface area contributed by atoms with Crippen molar-refractivity contribution in [3.05, 3.63) is 95.6 Å². The highest BCUT2D eigenvalue weighted by Crippen LogP contribution is 2.44. The van der Waals surface area contributed by atoms with Crippen molar-refractivity contribution < 1.29 is 24.2 Å². The van der Waals surface area contributed by atoms with Gasteiger partial charge in [-0.05, 0) is 54.0 Å². The molecule has 2 aliphatic heterocycles. The molecule has 2 N–H and O–H groups in total. The van der Waals surface area contributed by atoms with Gasteiger partial charge in [0.1, 0.15) is 12.1 Å². The van der Waals surface area contributed by atoms with Gasteiger partial charge in [-0.2, -0.15) is 0 Å². The van der Waals surface area contributed by atoms with E-state index in [2.05, 4.69) is 34.5 Å². The fourth-order valence-corrected chi connectivity index (χ4v) is 7.06. The van der Waals surface area contributed by atoms with Crippen LogP contribution in [0.5, 0.6) is 0 Å². The lowest BCUT2D eigenvalue weighted by Gasteiger charge is -2.42. The van der Waals surface area contributed by atoms with Crippen molar-refractivity contribution in [2.75, 3.05) is 26.2 Å². The molecule has 3 aromatic carbocycles. The van der Waals surface area contributed by atoms with Gasteiger partial charge in [-0.15, -0.1) is 0 Å². The van der Waals surface area contributed by atoms with Gasteiger partial charge < -0.3 is 20.1 Å². The second kappa shape index (κ2) is 11.6. The van der Waals surface area contributed by atoms with Crippen LogP contribution in [0.25, 0.3) is 11.1 Å². The first kappa shape index (κ1) is 28.0. The van der Waals surface area contributed by atoms with E-state index in [1.54, 1.807) is 11.8 Å². The van der Waals surface area contributed by atoms with Crippen molar-refractivity contribution in [2.24, 2.45) is 5.92 Å². The van der Waals surface area contributed by atoms with E-state index < -0.39 is 29.6 Å². The van der Waals surface area contributed by atoms with E-state index in [1.165, 1.54) is 0 Å². The number of piperidine rings is 1. The van der Waals surface area contributed by atoms with E-state index in [9.17, 15) is 19.5 Å². The number of fused-ring (bicyclic) bond motifs is 3. The number of carbonyl (C=O) groups is 3. The van der Waals surface area contributed by atoms with E-state index in [0.717, 1.165) is 27.8 Å². The lowest BCUT2D eigenvalue weighted by Crippen LogP contribution is -2.64. The second-order valence-electron chi connectivity index (χ2n) is 11.8. The van der Waals surface area contributed by atoms with Gasteiger partial charge in [-0.1, -0.05) is 78.9 Å². The van der Waals surface area contributed by atoms with Gasteiger partial charge >= 0.3 is 12.1 Å². The first-order valence-corrected chi connectivity index (χ1v) is 14.8. The lowest BCUT2D eigenvalue weighted by molar-refractivity contribution is -0.151. The quantitative estimate of drug-likeness (QED) is 0.422. The van der Waals surface area contributed by atoms with Gasteiger partial charge in [-0.3, -0.25) is 14.5 Å². The van der Waals surface area contributed by atoms with Crippen LogP contribution in [0.2, 0.25) is 0 Å². The Labute approximate surface area is 246 Å². The largest absolute Gasteiger partial charge is 0.481 e. The molecule has 0 spiro atoms. The molecule has 3 aromatic rings. The van der Waals surface area contributed by atoms with Crippen LogP contribution in [0, 0.1) is 5.92 Å². The van der Waals surface area contributed by atoms with Crippen molar-refractivity contribution in [1.29, 1.82) is 0 Å². The Hall–Kier alpha value is -4.17. The molecule has 0 saturated carbocycles. The topological polar surface area (TPSA) is 99.2 Å². The SMILES string of the molecule is C[C@@H]1[C@H](C(=O)O)CCCN1C(=O)C1(NC(=O)OCC2c3ccccc3-c3ccccc32)CCN(Cc2ccccc2)C1. The highest BCUT2D eigenvalue weighted by atomic mass is 16.5. The molecular formula is C34H37N3O5. The standard InChI is InChI=1S/C34H37N3O5/c1-23-25(31(38)39)16-9-18-37(23)32(40)34(17-19-36(22-34)20-24-10-3-2-4-11-24)35-33(41)42-21-30-28-14-7-5-12-26(28)27-13-6-8-15-29(27)30/h2-8,10-15,23,25,30H,9,16-22H2,1H3,(H,35,41)(H,38,39)/t23-,25-,34?/m1/s1. The number of ether oxygens (including phenoxy) is 1. The maximum absolute atomic E-state index is 14.3. The van der Waals surface area contributed by atoms with E-state index >= 15 is 0 Å². The fourth-order valence-electron chi connectivity index (χ4n) is 7.06. The van der Waals surface area contributed by atoms with Gasteiger partial charge in [0.05, 0.1) is 5.92 Å². The minimum absolute atomic E-state index is 0.0913. The Bertz CT molecular complexity index is 1430. The molecule has 0 bridgehead atoms. The number of nitrogens with zero attached hydrogens (tertiary/aromatic N) is 2. The van der Waals surface area contributed by atoms with Crippen LogP contribution in [0.4, 0.5) is 4.79 Å². The van der Waals surface area contributed by atoms with Crippen molar-refractivity contribution in [1.82, 2.24) is 15.1 Å². The summed E-state index contributed by atoms with van der Waals surface area (Å²) in [5.41, 5.74) is 4.45. The highest BCUT2D eigenvalue weighted by molar-refractivity contribution is 5.91. The summed E-state index contributed by atoms with van der Waals surface area (Å²) in [5, 5.41) is 12.8. The van der Waals surface area contributed by atoms with Crippen LogP contribution in [0.15, 0.2) is 78.9 Å². The van der Waals surface area contributed by atoms with Gasteiger partial charge in [0, 0.05) is 38.1 Å². The summed E-state index contributed by atoms with van der Waals surface area (Å²) in [5.74, 6) is -1.84. The Balaban J connectivity index is 1.21. The molecule has 2 saturated heterocycles. The molecule has 8 heteroatoms. The van der Waals surface area contributed by atoms with Crippen LogP contribution >= 0.6 is 0 Å². The summed E-state index contributed by atoms with van der Waals surface area (Å²) in [4.78, 5) is 43.5. The number of hydrogen-bond donors (Lipinski definition) is 2. The van der Waals surface area contributed by atoms with Crippen molar-refractivity contribution in [3.8, 4) is 11.1 Å². The normalized spacial score (nSPS) is 23.7. The fraction of sp³-hybridized carbons (Fsp3) is 0.382. The smallest absolute Gasteiger partial charge is 0.408 e. The minimum atomic E-state index is -1.20. The van der Waals surface area contributed by atoms with Gasteiger partial charge in [0.25, 0.3) is 0 Å². The molecular weight excluding hydrogens is 530 g/mol. The van der Waals surface area contributed by atoms with Crippen molar-refractivity contribution in [3.63, 3.8) is 0 Å². The average molecular weight is 568 g/mol. The number of carboxylic acid groups (broad SMARTS) is 1. The first-order valence-electron chi connectivity index (χ1n) is 14.8. The summed E-state index contributed by atoms with van der Waals surface area (Å²) in [6.45, 7) is 4.01. The monoisotopic (exact) mass is 567 g/mol. The zero-order chi connectivity index (χ0) is 29.3. The molecule has 8 nitrogen and oxygen atoms in total. The maximum Gasteiger partial charge on any atom is 0.408 e. The third-order valence-corrected chi connectivity index (χ3v) is 9.26. The predicted molar refractivity (Wildman–Crippen MR) is 159 cm³/mol. The number of amides is 2. The zero-order valence-corrected chi connectivity index (χ0v) is 23.9. The lowest BCUT2D eigenvalue weighted by atomic mass is 9.87. The Morgan fingerprint density at radius 3 is 2.24 bits per heavy atom. The second-order valence-corrected chi connectivity index (χ2v) is 11.8. The molecule has 0 radical (unpaired) electrons. The van der Waals surface area contributed by atoms with Crippen molar-refractivity contribution >= 4 is 18.0 Å². The number of alkyl carbamates (subject to hydrolysis) is 1. The summed E-state index contributed by atoms with van der Waals surface area (Å²) >= 11 is 0. The number of carbonyl (C=O) groups excluding carboxylic acids is 2. The van der Waals surface area contributed by atoms with Gasteiger partial charge in [0.2, 0.25) is 5.91 Å². The summed E-state index contributed by atoms with van der Waals surface area (Å²) < 4.78 is 5.87. The van der Waals surface area contributed by atoms with Crippen LogP contribution < -0.4 is 5.32 Å². The van der Waals surface area contributed by atoms with Gasteiger partial charge in [-0.25, -0.2) is 4.79 Å². The number of nitrogens with one attached hydrogen (secondary N) is 1. The number of hydrogen-bond acceptors (Lipinski definition) is 5. The predicted octanol–water partition coefficient (Wildman–Crippen LogP) is 4.88. The van der Waals surface area contributed by atoms with Crippen LogP contribution in [-0.2, 0) is 20.9 Å². The molecule has 3 aliphatic rings. The first-order chi connectivity index (χ1) is 20.4. The average Bonchev–Trinajstić information content (AvgIpc) is 3.55.